The van der Waals surface area contributed by atoms with Gasteiger partial charge in [-0.1, -0.05) is 52.3 Å². The highest BCUT2D eigenvalue weighted by atomic mass is 79.9. The van der Waals surface area contributed by atoms with E-state index < -0.39 is 9.84 Å². The molecule has 3 nitrogen and oxygen atoms in total. The molecule has 21 heavy (non-hydrogen) atoms. The van der Waals surface area contributed by atoms with Crippen molar-refractivity contribution in [3.63, 3.8) is 0 Å². The summed E-state index contributed by atoms with van der Waals surface area (Å²) in [6, 6.07) is 16.4. The first-order chi connectivity index (χ1) is 9.59. The van der Waals surface area contributed by atoms with E-state index in [1.54, 1.807) is 24.3 Å². The number of halogens is 2. The zero-order valence-corrected chi connectivity index (χ0v) is 14.5. The van der Waals surface area contributed by atoms with Gasteiger partial charge in [-0.05, 0) is 23.8 Å². The van der Waals surface area contributed by atoms with Crippen molar-refractivity contribution in [2.24, 2.45) is 0 Å². The van der Waals surface area contributed by atoms with Gasteiger partial charge in [-0.15, -0.1) is 12.4 Å². The van der Waals surface area contributed by atoms with Crippen LogP contribution in [-0.2, 0) is 16.4 Å². The molecule has 0 fully saturated rings. The first-order valence-electron chi connectivity index (χ1n) is 6.31. The largest absolute Gasteiger partial charge is 0.312 e. The van der Waals surface area contributed by atoms with Crippen molar-refractivity contribution in [2.45, 2.75) is 11.4 Å². The van der Waals surface area contributed by atoms with Gasteiger partial charge in [0.25, 0.3) is 0 Å². The van der Waals surface area contributed by atoms with Crippen LogP contribution in [0.15, 0.2) is 64.0 Å². The lowest BCUT2D eigenvalue weighted by Crippen LogP contribution is -2.22. The van der Waals surface area contributed by atoms with E-state index in [1.807, 2.05) is 30.3 Å². The summed E-state index contributed by atoms with van der Waals surface area (Å²) in [7, 11) is -3.20. The molecule has 6 heteroatoms. The van der Waals surface area contributed by atoms with Crippen LogP contribution in [0, 0.1) is 0 Å². The fraction of sp³-hybridized carbons (Fsp3) is 0.200. The summed E-state index contributed by atoms with van der Waals surface area (Å²) in [6.07, 6.45) is 0. The predicted molar refractivity (Wildman–Crippen MR) is 91.6 cm³/mol. The normalized spacial score (nSPS) is 10.9. The molecule has 2 rings (SSSR count). The number of rotatable bonds is 6. The van der Waals surface area contributed by atoms with Crippen molar-refractivity contribution in [2.75, 3.05) is 12.3 Å². The Morgan fingerprint density at radius 2 is 1.57 bits per heavy atom. The molecule has 0 radical (unpaired) electrons. The van der Waals surface area contributed by atoms with E-state index in [0.29, 0.717) is 18.0 Å². The van der Waals surface area contributed by atoms with Crippen LogP contribution >= 0.6 is 28.3 Å². The smallest absolute Gasteiger partial charge is 0.179 e. The summed E-state index contributed by atoms with van der Waals surface area (Å²) in [5.74, 6) is 0.0987. The van der Waals surface area contributed by atoms with Crippen LogP contribution in [0.4, 0.5) is 0 Å². The number of benzene rings is 2. The zero-order chi connectivity index (χ0) is 14.4. The number of nitrogens with one attached hydrogen (secondary N) is 1. The second kappa shape index (κ2) is 8.54. The highest BCUT2D eigenvalue weighted by Gasteiger charge is 2.12. The Morgan fingerprint density at radius 1 is 0.952 bits per heavy atom. The summed E-state index contributed by atoms with van der Waals surface area (Å²) >= 11 is 3.47. The number of sulfone groups is 1. The minimum Gasteiger partial charge on any atom is -0.312 e. The maximum atomic E-state index is 12.1. The monoisotopic (exact) mass is 389 g/mol. The molecular weight excluding hydrogens is 374 g/mol. The predicted octanol–water partition coefficient (Wildman–Crippen LogP) is 3.43. The van der Waals surface area contributed by atoms with Crippen molar-refractivity contribution >= 4 is 38.2 Å². The van der Waals surface area contributed by atoms with E-state index in [1.165, 1.54) is 0 Å². The Morgan fingerprint density at radius 3 is 2.24 bits per heavy atom. The minimum atomic E-state index is -3.20. The lowest BCUT2D eigenvalue weighted by atomic mass is 10.2. The van der Waals surface area contributed by atoms with Crippen LogP contribution in [0.3, 0.4) is 0 Å². The van der Waals surface area contributed by atoms with Crippen molar-refractivity contribution in [3.05, 3.63) is 64.6 Å². The summed E-state index contributed by atoms with van der Waals surface area (Å²) in [6.45, 7) is 1.07. The molecule has 0 spiro atoms. The SMILES string of the molecule is Cl.O=S(=O)(CCNCc1ccccc1Br)c1ccccc1. The average molecular weight is 391 g/mol. The average Bonchev–Trinajstić information content (AvgIpc) is 2.46. The molecule has 0 aliphatic heterocycles. The molecular formula is C15H17BrClNO2S. The fourth-order valence-electron chi connectivity index (χ4n) is 1.82. The molecule has 0 aliphatic carbocycles. The Kier molecular flexibility index (Phi) is 7.39. The number of hydrogen-bond acceptors (Lipinski definition) is 3. The van der Waals surface area contributed by atoms with Crippen LogP contribution in [-0.4, -0.2) is 20.7 Å². The number of hydrogen-bond donors (Lipinski definition) is 1. The van der Waals surface area contributed by atoms with Gasteiger partial charge in [0.05, 0.1) is 10.6 Å². The van der Waals surface area contributed by atoms with Gasteiger partial charge in [-0.2, -0.15) is 0 Å². The quantitative estimate of drug-likeness (QED) is 0.769. The molecule has 0 saturated heterocycles. The minimum absolute atomic E-state index is 0. The lowest BCUT2D eigenvalue weighted by molar-refractivity contribution is 0.590. The van der Waals surface area contributed by atoms with Gasteiger partial charge in [-0.3, -0.25) is 0 Å². The molecule has 114 valence electrons. The third kappa shape index (κ3) is 5.43. The van der Waals surface area contributed by atoms with Gasteiger partial charge < -0.3 is 5.32 Å². The Bertz CT molecular complexity index is 662. The standard InChI is InChI=1S/C15H16BrNO2S.ClH/c16-15-9-5-4-6-13(15)12-17-10-11-20(18,19)14-7-2-1-3-8-14;/h1-9,17H,10-12H2;1H. The van der Waals surface area contributed by atoms with Gasteiger partial charge in [0.1, 0.15) is 0 Å². The Balaban J connectivity index is 0.00000220. The third-order valence-corrected chi connectivity index (χ3v) is 5.43. The summed E-state index contributed by atoms with van der Waals surface area (Å²) in [5, 5.41) is 3.16. The molecule has 2 aromatic rings. The molecule has 0 amide bonds. The molecule has 0 saturated carbocycles. The lowest BCUT2D eigenvalue weighted by Gasteiger charge is -2.07. The van der Waals surface area contributed by atoms with Gasteiger partial charge in [0.2, 0.25) is 0 Å². The van der Waals surface area contributed by atoms with Gasteiger partial charge in [-0.25, -0.2) is 8.42 Å². The van der Waals surface area contributed by atoms with Crippen LogP contribution in [0.1, 0.15) is 5.56 Å². The van der Waals surface area contributed by atoms with Crippen molar-refractivity contribution in [3.8, 4) is 0 Å². The summed E-state index contributed by atoms with van der Waals surface area (Å²) in [4.78, 5) is 0.377. The second-order valence-electron chi connectivity index (χ2n) is 4.40. The topological polar surface area (TPSA) is 46.2 Å². The van der Waals surface area contributed by atoms with Crippen molar-refractivity contribution < 1.29 is 8.42 Å². The molecule has 1 N–H and O–H groups in total. The van der Waals surface area contributed by atoms with E-state index in [-0.39, 0.29) is 18.2 Å². The van der Waals surface area contributed by atoms with Crippen LogP contribution < -0.4 is 5.32 Å². The third-order valence-electron chi connectivity index (χ3n) is 2.92. The highest BCUT2D eigenvalue weighted by Crippen LogP contribution is 2.15. The fourth-order valence-corrected chi connectivity index (χ4v) is 3.46. The van der Waals surface area contributed by atoms with E-state index in [9.17, 15) is 8.42 Å². The van der Waals surface area contributed by atoms with E-state index in [0.717, 1.165) is 10.0 Å². The van der Waals surface area contributed by atoms with Crippen LogP contribution in [0.25, 0.3) is 0 Å². The first-order valence-corrected chi connectivity index (χ1v) is 8.76. The maximum absolute atomic E-state index is 12.1. The van der Waals surface area contributed by atoms with Gasteiger partial charge in [0.15, 0.2) is 9.84 Å². The molecule has 0 aliphatic rings. The molecule has 2 aromatic carbocycles. The summed E-state index contributed by atoms with van der Waals surface area (Å²) < 4.78 is 25.1. The zero-order valence-electron chi connectivity index (χ0n) is 11.3. The molecule has 0 unspecified atom stereocenters. The van der Waals surface area contributed by atoms with Crippen LogP contribution in [0.2, 0.25) is 0 Å². The van der Waals surface area contributed by atoms with Gasteiger partial charge in [0, 0.05) is 17.6 Å². The molecule has 0 bridgehead atoms. The van der Waals surface area contributed by atoms with Crippen molar-refractivity contribution in [1.29, 1.82) is 0 Å². The Labute approximate surface area is 140 Å². The van der Waals surface area contributed by atoms with Crippen LogP contribution in [0.5, 0.6) is 0 Å². The second-order valence-corrected chi connectivity index (χ2v) is 7.36. The molecule has 0 aromatic heterocycles. The van der Waals surface area contributed by atoms with E-state index >= 15 is 0 Å². The Hall–Kier alpha value is -0.880. The highest BCUT2D eigenvalue weighted by molar-refractivity contribution is 9.10. The first kappa shape index (κ1) is 18.2. The summed E-state index contributed by atoms with van der Waals surface area (Å²) in [5.41, 5.74) is 1.12. The molecule has 0 atom stereocenters. The van der Waals surface area contributed by atoms with Crippen molar-refractivity contribution in [1.82, 2.24) is 5.32 Å². The van der Waals surface area contributed by atoms with E-state index in [2.05, 4.69) is 21.2 Å². The maximum Gasteiger partial charge on any atom is 0.179 e. The van der Waals surface area contributed by atoms with E-state index in [4.69, 9.17) is 0 Å². The molecule has 0 heterocycles. The van der Waals surface area contributed by atoms with Gasteiger partial charge >= 0.3 is 0 Å².